The molecule has 0 aliphatic heterocycles. The second kappa shape index (κ2) is 11.6. The van der Waals surface area contributed by atoms with E-state index in [1.807, 2.05) is 0 Å². The quantitative estimate of drug-likeness (QED) is 0.287. The Morgan fingerprint density at radius 3 is 1.00 bits per heavy atom. The van der Waals surface area contributed by atoms with Gasteiger partial charge in [-0.25, -0.2) is 0 Å². The van der Waals surface area contributed by atoms with E-state index in [1.54, 1.807) is 0 Å². The average molecular weight is 410 g/mol. The molecule has 3 unspecified atom stereocenters. The van der Waals surface area contributed by atoms with Gasteiger partial charge in [-0.1, -0.05) is 0 Å². The van der Waals surface area contributed by atoms with E-state index in [1.165, 1.54) is 57.8 Å². The molecule has 0 amide bonds. The van der Waals surface area contributed by atoms with Gasteiger partial charge in [0, 0.05) is 0 Å². The van der Waals surface area contributed by atoms with Crippen LogP contribution >= 0.6 is 8.92 Å². The zero-order valence-corrected chi connectivity index (χ0v) is 18.6. The fourth-order valence-corrected chi connectivity index (χ4v) is 26.9. The third-order valence-corrected chi connectivity index (χ3v) is 28.2. The third kappa shape index (κ3) is 5.37. The topological polar surface area (TPSA) is 0 Å². The summed E-state index contributed by atoms with van der Waals surface area (Å²) in [6.07, 6.45) is 12.1. The Balaban J connectivity index is 5.46. The summed E-state index contributed by atoms with van der Waals surface area (Å²) in [7, 11) is 7.68. The first-order chi connectivity index (χ1) is 9.56. The molecular weight excluding hydrogens is 370 g/mol. The molecule has 0 radical (unpaired) electrons. The molecule has 0 aliphatic carbocycles. The van der Waals surface area contributed by atoms with Crippen LogP contribution in [0, 0.1) is 0 Å². The van der Waals surface area contributed by atoms with Crippen molar-refractivity contribution in [1.29, 1.82) is 0 Å². The van der Waals surface area contributed by atoms with Crippen molar-refractivity contribution in [2.75, 3.05) is 0 Å². The second-order valence-electron chi connectivity index (χ2n) is 6.51. The standard InChI is InChI=1S/3C6H13.ClH.Sn/c3*1-3-5-6-4-2;;/h3*5H,3-4,6H2,1-2H3;1H;/q;;;;+1/p-1. The molecule has 0 heterocycles. The predicted octanol–water partition coefficient (Wildman–Crippen LogP) is 7.91. The van der Waals surface area contributed by atoms with Crippen LogP contribution in [0.4, 0.5) is 0 Å². The molecule has 0 nitrogen and oxygen atoms in total. The van der Waals surface area contributed by atoms with Crippen LogP contribution in [0.15, 0.2) is 0 Å². The Kier molecular flexibility index (Phi) is 12.3. The number of hydrogen-bond donors (Lipinski definition) is 0. The molecule has 0 aromatic rings. The molecule has 0 aromatic heterocycles. The van der Waals surface area contributed by atoms with Gasteiger partial charge in [0.2, 0.25) is 0 Å². The van der Waals surface area contributed by atoms with Crippen molar-refractivity contribution in [1.82, 2.24) is 0 Å². The third-order valence-electron chi connectivity index (χ3n) is 5.27. The minimum absolute atomic E-state index is 0.893. The summed E-state index contributed by atoms with van der Waals surface area (Å²) in [5.74, 6) is 0. The Morgan fingerprint density at radius 2 is 0.850 bits per heavy atom. The summed E-state index contributed by atoms with van der Waals surface area (Å²) in [6.45, 7) is 14.2. The molecule has 0 spiro atoms. The zero-order valence-electron chi connectivity index (χ0n) is 15.0. The van der Waals surface area contributed by atoms with E-state index < -0.39 is 17.3 Å². The van der Waals surface area contributed by atoms with Crippen molar-refractivity contribution in [3.63, 3.8) is 0 Å². The molecule has 0 bridgehead atoms. The molecule has 0 fully saturated rings. The van der Waals surface area contributed by atoms with Crippen molar-refractivity contribution >= 4 is 26.2 Å². The summed E-state index contributed by atoms with van der Waals surface area (Å²) >= 11 is -2.63. The Labute approximate surface area is 137 Å². The fourth-order valence-electron chi connectivity index (χ4n) is 4.26. The maximum atomic E-state index is 7.68. The van der Waals surface area contributed by atoms with E-state index in [-0.39, 0.29) is 0 Å². The van der Waals surface area contributed by atoms with E-state index in [2.05, 4.69) is 41.5 Å². The molecule has 2 heteroatoms. The van der Waals surface area contributed by atoms with Crippen LogP contribution in [0.25, 0.3) is 0 Å². The van der Waals surface area contributed by atoms with Gasteiger partial charge in [0.1, 0.15) is 0 Å². The van der Waals surface area contributed by atoms with Gasteiger partial charge in [0.05, 0.1) is 0 Å². The Hall–Kier alpha value is 1.09. The zero-order chi connectivity index (χ0) is 15.6. The SMILES string of the molecule is CCC[CH](CC)[Sn]([Cl])([CH](CC)CCC)[CH](CC)CCC. The van der Waals surface area contributed by atoms with Crippen LogP contribution in [0.1, 0.15) is 99.3 Å². The van der Waals surface area contributed by atoms with Crippen molar-refractivity contribution < 1.29 is 0 Å². The number of rotatable bonds is 12. The molecule has 0 aromatic carbocycles. The van der Waals surface area contributed by atoms with Crippen LogP contribution in [0.2, 0.25) is 11.8 Å². The van der Waals surface area contributed by atoms with Gasteiger partial charge in [-0.05, 0) is 0 Å². The summed E-state index contributed by atoms with van der Waals surface area (Å²) in [5.41, 5.74) is 0. The van der Waals surface area contributed by atoms with Crippen LogP contribution in [0.5, 0.6) is 0 Å². The maximum absolute atomic E-state index is 7.68. The van der Waals surface area contributed by atoms with Crippen LogP contribution in [-0.4, -0.2) is 17.3 Å². The first kappa shape index (κ1) is 21.1. The summed E-state index contributed by atoms with van der Waals surface area (Å²) < 4.78 is 2.68. The number of hydrogen-bond acceptors (Lipinski definition) is 0. The van der Waals surface area contributed by atoms with Crippen molar-refractivity contribution in [2.24, 2.45) is 0 Å². The number of halogens is 1. The molecule has 0 N–H and O–H groups in total. The minimum atomic E-state index is -2.63. The summed E-state index contributed by atoms with van der Waals surface area (Å²) in [4.78, 5) is 0. The van der Waals surface area contributed by atoms with Gasteiger partial charge in [0.15, 0.2) is 0 Å². The van der Waals surface area contributed by atoms with Gasteiger partial charge in [-0.15, -0.1) is 0 Å². The summed E-state index contributed by atoms with van der Waals surface area (Å²) in [5, 5.41) is 0. The van der Waals surface area contributed by atoms with Gasteiger partial charge in [-0.2, -0.15) is 0 Å². The van der Waals surface area contributed by atoms with Crippen molar-refractivity contribution in [3.8, 4) is 0 Å². The normalized spacial score (nSPS) is 19.4. The Morgan fingerprint density at radius 1 is 0.600 bits per heavy atom. The fraction of sp³-hybridized carbons (Fsp3) is 1.00. The Bertz CT molecular complexity index is 193. The van der Waals surface area contributed by atoms with E-state index >= 15 is 0 Å². The molecule has 0 rings (SSSR count). The average Bonchev–Trinajstić information content (AvgIpc) is 2.46. The van der Waals surface area contributed by atoms with Crippen LogP contribution in [-0.2, 0) is 0 Å². The predicted molar refractivity (Wildman–Crippen MR) is 98.5 cm³/mol. The van der Waals surface area contributed by atoms with Crippen molar-refractivity contribution in [3.05, 3.63) is 0 Å². The second-order valence-corrected chi connectivity index (χ2v) is 22.6. The molecule has 0 saturated carbocycles. The molecule has 0 saturated heterocycles. The van der Waals surface area contributed by atoms with Gasteiger partial charge in [0.25, 0.3) is 0 Å². The molecular formula is C18H39ClSn. The van der Waals surface area contributed by atoms with Crippen LogP contribution in [0.3, 0.4) is 0 Å². The molecule has 20 heavy (non-hydrogen) atoms. The van der Waals surface area contributed by atoms with E-state index in [0.29, 0.717) is 0 Å². The van der Waals surface area contributed by atoms with E-state index in [0.717, 1.165) is 11.8 Å². The van der Waals surface area contributed by atoms with Gasteiger partial charge >= 0.3 is 137 Å². The van der Waals surface area contributed by atoms with E-state index in [4.69, 9.17) is 8.92 Å². The first-order valence-corrected chi connectivity index (χ1v) is 17.8. The summed E-state index contributed by atoms with van der Waals surface area (Å²) in [6, 6.07) is 0. The molecule has 0 aliphatic rings. The van der Waals surface area contributed by atoms with Crippen LogP contribution < -0.4 is 0 Å². The van der Waals surface area contributed by atoms with Crippen molar-refractivity contribution in [2.45, 2.75) is 111 Å². The molecule has 122 valence electrons. The van der Waals surface area contributed by atoms with Gasteiger partial charge < -0.3 is 0 Å². The van der Waals surface area contributed by atoms with E-state index in [9.17, 15) is 0 Å². The monoisotopic (exact) mass is 410 g/mol. The molecule has 3 atom stereocenters. The van der Waals surface area contributed by atoms with Gasteiger partial charge in [-0.3, -0.25) is 0 Å². The first-order valence-electron chi connectivity index (χ1n) is 9.25.